The summed E-state index contributed by atoms with van der Waals surface area (Å²) < 4.78 is 55.0. The Hall–Kier alpha value is -1.52. The Kier molecular flexibility index (Phi) is 37.9. The van der Waals surface area contributed by atoms with Crippen molar-refractivity contribution in [3.8, 4) is 0 Å². The Labute approximate surface area is 314 Å². The minimum absolute atomic E-state index is 0.243. The van der Waals surface area contributed by atoms with Gasteiger partial charge in [0.2, 0.25) is 0 Å². The van der Waals surface area contributed by atoms with E-state index in [4.69, 9.17) is 47.4 Å². The van der Waals surface area contributed by atoms with Gasteiger partial charge in [-0.2, -0.15) is 0 Å². The SMILES string of the molecule is CCCCCCCCCCCCCCCOCCOCCOCCOCCOCCOCCOCCOCCOCCOCCN1C(=O)C=CC1=O. The molecule has 13 heteroatoms. The third-order valence-electron chi connectivity index (χ3n) is 8.10. The Morgan fingerprint density at radius 2 is 0.558 bits per heavy atom. The Morgan fingerprint density at radius 1 is 0.327 bits per heavy atom. The van der Waals surface area contributed by atoms with E-state index in [1.165, 1.54) is 89.2 Å². The molecule has 0 spiro atoms. The maximum Gasteiger partial charge on any atom is 0.253 e. The fraction of sp³-hybridized carbons (Fsp3) is 0.897. The lowest BCUT2D eigenvalue weighted by atomic mass is 10.0. The number of hydrogen-bond acceptors (Lipinski definition) is 12. The van der Waals surface area contributed by atoms with E-state index in [0.717, 1.165) is 17.9 Å². The van der Waals surface area contributed by atoms with Gasteiger partial charge in [0.25, 0.3) is 11.8 Å². The van der Waals surface area contributed by atoms with Crippen LogP contribution in [0.15, 0.2) is 12.2 Å². The van der Waals surface area contributed by atoms with Gasteiger partial charge < -0.3 is 47.4 Å². The number of unbranched alkanes of at least 4 members (excludes halogenated alkanes) is 12. The maximum atomic E-state index is 11.4. The lowest BCUT2D eigenvalue weighted by Crippen LogP contribution is -2.33. The normalized spacial score (nSPS) is 13.0. The molecule has 306 valence electrons. The van der Waals surface area contributed by atoms with Crippen LogP contribution in [0.3, 0.4) is 0 Å². The monoisotopic (exact) mass is 748 g/mol. The average molecular weight is 748 g/mol. The number of carbonyl (C=O) groups excluding carboxylic acids is 2. The maximum absolute atomic E-state index is 11.4. The second-order valence-corrected chi connectivity index (χ2v) is 12.5. The van der Waals surface area contributed by atoms with E-state index in [-0.39, 0.29) is 25.0 Å². The molecule has 0 unspecified atom stereocenters. The molecule has 1 aliphatic rings. The Bertz CT molecular complexity index is 785. The lowest BCUT2D eigenvalue weighted by molar-refractivity contribution is -0.137. The highest BCUT2D eigenvalue weighted by atomic mass is 16.6. The second kappa shape index (κ2) is 40.7. The first kappa shape index (κ1) is 48.5. The molecule has 0 aliphatic carbocycles. The second-order valence-electron chi connectivity index (χ2n) is 12.5. The van der Waals surface area contributed by atoms with Crippen molar-refractivity contribution >= 4 is 11.8 Å². The standard InChI is InChI=1S/C39H73NO12/c1-2-3-4-5-6-7-8-9-10-11-12-13-14-18-43-20-22-45-24-26-47-28-30-49-32-34-51-36-37-52-35-33-50-31-29-48-27-25-46-23-21-44-19-17-40-38(41)15-16-39(40)42/h15-16H,2-14,17-37H2,1H3. The molecule has 0 aromatic rings. The lowest BCUT2D eigenvalue weighted by Gasteiger charge is -2.13. The zero-order valence-electron chi connectivity index (χ0n) is 32.5. The van der Waals surface area contributed by atoms with Crippen molar-refractivity contribution in [2.24, 2.45) is 0 Å². The number of amides is 2. The molecular weight excluding hydrogens is 674 g/mol. The number of carbonyl (C=O) groups is 2. The minimum atomic E-state index is -0.303. The molecule has 0 fully saturated rings. The van der Waals surface area contributed by atoms with Crippen LogP contribution >= 0.6 is 0 Å². The van der Waals surface area contributed by atoms with Gasteiger partial charge in [0.15, 0.2) is 0 Å². The van der Waals surface area contributed by atoms with E-state index in [1.807, 2.05) is 0 Å². The van der Waals surface area contributed by atoms with Crippen molar-refractivity contribution in [1.82, 2.24) is 4.90 Å². The van der Waals surface area contributed by atoms with Crippen LogP contribution in [-0.2, 0) is 57.0 Å². The van der Waals surface area contributed by atoms with Crippen molar-refractivity contribution in [1.29, 1.82) is 0 Å². The number of ether oxygens (including phenoxy) is 10. The van der Waals surface area contributed by atoms with Crippen LogP contribution in [0.25, 0.3) is 0 Å². The molecule has 0 bridgehead atoms. The van der Waals surface area contributed by atoms with Crippen LogP contribution in [0, 0.1) is 0 Å². The van der Waals surface area contributed by atoms with Crippen molar-refractivity contribution in [3.63, 3.8) is 0 Å². The first-order chi connectivity index (χ1) is 25.8. The van der Waals surface area contributed by atoms with E-state index < -0.39 is 0 Å². The molecule has 13 nitrogen and oxygen atoms in total. The zero-order valence-corrected chi connectivity index (χ0v) is 32.5. The van der Waals surface area contributed by atoms with E-state index >= 15 is 0 Å². The van der Waals surface area contributed by atoms with Gasteiger partial charge in [0, 0.05) is 18.8 Å². The molecule has 0 aromatic carbocycles. The van der Waals surface area contributed by atoms with Gasteiger partial charge in [-0.1, -0.05) is 84.0 Å². The molecule has 0 saturated heterocycles. The summed E-state index contributed by atoms with van der Waals surface area (Å²) in [4.78, 5) is 24.0. The summed E-state index contributed by atoms with van der Waals surface area (Å²) >= 11 is 0. The molecule has 0 atom stereocenters. The minimum Gasteiger partial charge on any atom is -0.379 e. The summed E-state index contributed by atoms with van der Waals surface area (Å²) in [5, 5.41) is 0. The Morgan fingerprint density at radius 3 is 0.846 bits per heavy atom. The van der Waals surface area contributed by atoms with Gasteiger partial charge >= 0.3 is 0 Å². The largest absolute Gasteiger partial charge is 0.379 e. The van der Waals surface area contributed by atoms with Crippen molar-refractivity contribution in [3.05, 3.63) is 12.2 Å². The van der Waals surface area contributed by atoms with Crippen molar-refractivity contribution in [2.45, 2.75) is 90.4 Å². The fourth-order valence-corrected chi connectivity index (χ4v) is 5.11. The van der Waals surface area contributed by atoms with Crippen molar-refractivity contribution in [2.75, 3.05) is 139 Å². The smallest absolute Gasteiger partial charge is 0.253 e. The van der Waals surface area contributed by atoms with Crippen LogP contribution < -0.4 is 0 Å². The third kappa shape index (κ3) is 34.3. The molecule has 0 saturated carbocycles. The topological polar surface area (TPSA) is 130 Å². The highest BCUT2D eigenvalue weighted by Crippen LogP contribution is 2.12. The highest BCUT2D eigenvalue weighted by molar-refractivity contribution is 6.12. The van der Waals surface area contributed by atoms with E-state index in [2.05, 4.69) is 6.92 Å². The molecule has 1 aliphatic heterocycles. The van der Waals surface area contributed by atoms with E-state index in [9.17, 15) is 9.59 Å². The first-order valence-electron chi connectivity index (χ1n) is 20.1. The fourth-order valence-electron chi connectivity index (χ4n) is 5.11. The average Bonchev–Trinajstić information content (AvgIpc) is 3.47. The predicted molar refractivity (Wildman–Crippen MR) is 200 cm³/mol. The third-order valence-corrected chi connectivity index (χ3v) is 8.10. The predicted octanol–water partition coefficient (Wildman–Crippen LogP) is 5.17. The molecule has 0 aromatic heterocycles. The van der Waals surface area contributed by atoms with Crippen LogP contribution in [0.2, 0.25) is 0 Å². The number of rotatable bonds is 44. The summed E-state index contributed by atoms with van der Waals surface area (Å²) in [7, 11) is 0. The molecule has 52 heavy (non-hydrogen) atoms. The highest BCUT2D eigenvalue weighted by Gasteiger charge is 2.22. The summed E-state index contributed by atoms with van der Waals surface area (Å²) in [6, 6.07) is 0. The van der Waals surface area contributed by atoms with E-state index in [0.29, 0.717) is 119 Å². The van der Waals surface area contributed by atoms with Crippen LogP contribution in [-0.4, -0.2) is 155 Å². The van der Waals surface area contributed by atoms with Crippen LogP contribution in [0.5, 0.6) is 0 Å². The zero-order chi connectivity index (χ0) is 37.3. The molecule has 1 heterocycles. The van der Waals surface area contributed by atoms with Gasteiger partial charge in [-0.05, 0) is 6.42 Å². The summed E-state index contributed by atoms with van der Waals surface area (Å²) in [5.74, 6) is -0.605. The molecule has 0 N–H and O–H groups in total. The van der Waals surface area contributed by atoms with Crippen molar-refractivity contribution < 1.29 is 57.0 Å². The molecule has 2 amide bonds. The summed E-state index contributed by atoms with van der Waals surface area (Å²) in [6.07, 6.45) is 20.3. The number of nitrogens with zero attached hydrogens (tertiary/aromatic N) is 1. The molecule has 1 rings (SSSR count). The van der Waals surface area contributed by atoms with Gasteiger partial charge in [0.05, 0.1) is 132 Å². The van der Waals surface area contributed by atoms with Crippen LogP contribution in [0.1, 0.15) is 90.4 Å². The molecular formula is C39H73NO12. The summed E-state index contributed by atoms with van der Waals surface area (Å²) in [6.45, 7) is 12.7. The number of imide groups is 1. The van der Waals surface area contributed by atoms with Gasteiger partial charge in [0.1, 0.15) is 0 Å². The quantitative estimate of drug-likeness (QED) is 0.0603. The van der Waals surface area contributed by atoms with Gasteiger partial charge in [-0.3, -0.25) is 14.5 Å². The number of hydrogen-bond donors (Lipinski definition) is 0. The van der Waals surface area contributed by atoms with Crippen LogP contribution in [0.4, 0.5) is 0 Å². The first-order valence-corrected chi connectivity index (χ1v) is 20.1. The summed E-state index contributed by atoms with van der Waals surface area (Å²) in [5.41, 5.74) is 0. The molecule has 0 radical (unpaired) electrons. The Balaban J connectivity index is 1.61. The van der Waals surface area contributed by atoms with Gasteiger partial charge in [-0.15, -0.1) is 0 Å². The van der Waals surface area contributed by atoms with Gasteiger partial charge in [-0.25, -0.2) is 0 Å². The van der Waals surface area contributed by atoms with E-state index in [1.54, 1.807) is 0 Å².